The Hall–Kier alpha value is -1.42. The Bertz CT molecular complexity index is 435. The zero-order valence-electron chi connectivity index (χ0n) is 11.7. The van der Waals surface area contributed by atoms with Gasteiger partial charge in [0, 0.05) is 6.54 Å². The first-order valence-electron chi connectivity index (χ1n) is 6.14. The fraction of sp³-hybridized carbons (Fsp3) is 0.500. The van der Waals surface area contributed by atoms with Crippen LogP contribution in [0.15, 0.2) is 18.2 Å². The second-order valence-electron chi connectivity index (χ2n) is 4.51. The van der Waals surface area contributed by atoms with Gasteiger partial charge in [0.25, 0.3) is 5.91 Å². The van der Waals surface area contributed by atoms with Crippen LogP contribution in [0.1, 0.15) is 24.2 Å². The summed E-state index contributed by atoms with van der Waals surface area (Å²) < 4.78 is 10.4. The van der Waals surface area contributed by atoms with Crippen molar-refractivity contribution < 1.29 is 14.3 Å². The average Bonchev–Trinajstić information content (AvgIpc) is 2.42. The van der Waals surface area contributed by atoms with Gasteiger partial charge in [-0.05, 0) is 18.1 Å². The van der Waals surface area contributed by atoms with Crippen LogP contribution in [0.4, 0.5) is 0 Å². The number of amides is 1. The number of carbonyl (C=O) groups is 1. The number of halogens is 1. The van der Waals surface area contributed by atoms with Crippen molar-refractivity contribution in [3.8, 4) is 11.5 Å². The molecule has 0 bridgehead atoms. The summed E-state index contributed by atoms with van der Waals surface area (Å²) in [6.07, 6.45) is 0. The lowest BCUT2D eigenvalue weighted by atomic mass is 10.1. The molecule has 0 saturated heterocycles. The molecule has 1 aromatic rings. The number of alkyl halides is 1. The van der Waals surface area contributed by atoms with Crippen molar-refractivity contribution in [2.24, 2.45) is 5.92 Å². The number of ether oxygens (including phenoxy) is 2. The van der Waals surface area contributed by atoms with E-state index >= 15 is 0 Å². The molecule has 0 fully saturated rings. The van der Waals surface area contributed by atoms with Gasteiger partial charge < -0.3 is 14.8 Å². The van der Waals surface area contributed by atoms with Gasteiger partial charge in [0.15, 0.2) is 11.5 Å². The largest absolute Gasteiger partial charge is 0.493 e. The molecule has 0 aliphatic heterocycles. The molecular weight excluding hydrogens is 266 g/mol. The Kier molecular flexibility index (Phi) is 5.96. The molecule has 1 atom stereocenters. The molecule has 106 valence electrons. The monoisotopic (exact) mass is 285 g/mol. The van der Waals surface area contributed by atoms with Crippen molar-refractivity contribution in [2.45, 2.75) is 19.2 Å². The highest BCUT2D eigenvalue weighted by atomic mass is 35.5. The SMILES string of the molecule is COc1cccc(C(=O)NCC(Cl)C(C)C)c1OC. The van der Waals surface area contributed by atoms with Crippen molar-refractivity contribution in [1.29, 1.82) is 0 Å². The van der Waals surface area contributed by atoms with E-state index in [4.69, 9.17) is 21.1 Å². The maximum Gasteiger partial charge on any atom is 0.255 e. The fourth-order valence-electron chi connectivity index (χ4n) is 1.59. The van der Waals surface area contributed by atoms with E-state index in [-0.39, 0.29) is 11.3 Å². The van der Waals surface area contributed by atoms with Crippen LogP contribution in [0.5, 0.6) is 11.5 Å². The van der Waals surface area contributed by atoms with Crippen LogP contribution in [0, 0.1) is 5.92 Å². The average molecular weight is 286 g/mol. The minimum atomic E-state index is -0.220. The number of nitrogens with one attached hydrogen (secondary N) is 1. The third-order valence-corrected chi connectivity index (χ3v) is 3.49. The van der Waals surface area contributed by atoms with Gasteiger partial charge in [-0.25, -0.2) is 0 Å². The van der Waals surface area contributed by atoms with E-state index in [1.807, 2.05) is 13.8 Å². The lowest BCUT2D eigenvalue weighted by Gasteiger charge is -2.16. The van der Waals surface area contributed by atoms with E-state index in [0.717, 1.165) is 0 Å². The summed E-state index contributed by atoms with van der Waals surface area (Å²) in [6.45, 7) is 4.43. The van der Waals surface area contributed by atoms with Crippen molar-refractivity contribution in [3.05, 3.63) is 23.8 Å². The topological polar surface area (TPSA) is 47.6 Å². The Labute approximate surface area is 119 Å². The van der Waals surface area contributed by atoms with E-state index in [1.54, 1.807) is 18.2 Å². The molecule has 1 N–H and O–H groups in total. The number of benzene rings is 1. The molecule has 0 spiro atoms. The van der Waals surface area contributed by atoms with Gasteiger partial charge in [-0.3, -0.25) is 4.79 Å². The Morgan fingerprint density at radius 1 is 1.32 bits per heavy atom. The van der Waals surface area contributed by atoms with Gasteiger partial charge in [0.2, 0.25) is 0 Å². The van der Waals surface area contributed by atoms with Gasteiger partial charge >= 0.3 is 0 Å². The molecule has 1 aromatic carbocycles. The second kappa shape index (κ2) is 7.24. The predicted molar refractivity (Wildman–Crippen MR) is 76.4 cm³/mol. The molecule has 0 aromatic heterocycles. The first kappa shape index (κ1) is 15.6. The van der Waals surface area contributed by atoms with Crippen molar-refractivity contribution in [2.75, 3.05) is 20.8 Å². The highest BCUT2D eigenvalue weighted by Crippen LogP contribution is 2.30. The van der Waals surface area contributed by atoms with E-state index < -0.39 is 0 Å². The normalized spacial score (nSPS) is 12.1. The predicted octanol–water partition coefficient (Wildman–Crippen LogP) is 2.70. The third kappa shape index (κ3) is 4.03. The first-order chi connectivity index (χ1) is 9.01. The summed E-state index contributed by atoms with van der Waals surface area (Å²) in [4.78, 5) is 12.1. The van der Waals surface area contributed by atoms with E-state index in [2.05, 4.69) is 5.32 Å². The van der Waals surface area contributed by atoms with Crippen LogP contribution < -0.4 is 14.8 Å². The molecule has 0 saturated carbocycles. The van der Waals surface area contributed by atoms with Gasteiger partial charge in [0.1, 0.15) is 0 Å². The summed E-state index contributed by atoms with van der Waals surface area (Å²) in [7, 11) is 3.04. The van der Waals surface area contributed by atoms with Gasteiger partial charge in [-0.2, -0.15) is 0 Å². The highest BCUT2D eigenvalue weighted by molar-refractivity contribution is 6.21. The first-order valence-corrected chi connectivity index (χ1v) is 6.58. The molecule has 1 amide bonds. The van der Waals surface area contributed by atoms with Crippen LogP contribution >= 0.6 is 11.6 Å². The number of methoxy groups -OCH3 is 2. The van der Waals surface area contributed by atoms with Gasteiger partial charge in [0.05, 0.1) is 25.2 Å². The van der Waals surface area contributed by atoms with E-state index in [0.29, 0.717) is 29.5 Å². The van der Waals surface area contributed by atoms with E-state index in [9.17, 15) is 4.79 Å². The van der Waals surface area contributed by atoms with Crippen molar-refractivity contribution in [3.63, 3.8) is 0 Å². The number of hydrogen-bond donors (Lipinski definition) is 1. The highest BCUT2D eigenvalue weighted by Gasteiger charge is 2.17. The van der Waals surface area contributed by atoms with Gasteiger partial charge in [-0.15, -0.1) is 11.6 Å². The van der Waals surface area contributed by atoms with E-state index in [1.165, 1.54) is 14.2 Å². The lowest BCUT2D eigenvalue weighted by Crippen LogP contribution is -2.32. The third-order valence-electron chi connectivity index (χ3n) is 2.83. The van der Waals surface area contributed by atoms with Crippen molar-refractivity contribution in [1.82, 2.24) is 5.32 Å². The maximum atomic E-state index is 12.1. The maximum absolute atomic E-state index is 12.1. The second-order valence-corrected chi connectivity index (χ2v) is 5.07. The molecule has 5 heteroatoms. The number of carbonyl (C=O) groups excluding carboxylic acids is 1. The molecule has 0 radical (unpaired) electrons. The molecule has 1 rings (SSSR count). The van der Waals surface area contributed by atoms with Crippen molar-refractivity contribution >= 4 is 17.5 Å². The molecule has 4 nitrogen and oxygen atoms in total. The van der Waals surface area contributed by atoms with Crippen LogP contribution in [-0.2, 0) is 0 Å². The fourth-order valence-corrected chi connectivity index (χ4v) is 1.66. The Balaban J connectivity index is 2.82. The summed E-state index contributed by atoms with van der Waals surface area (Å²) in [5, 5.41) is 2.70. The number of rotatable bonds is 6. The zero-order chi connectivity index (χ0) is 14.4. The number of para-hydroxylation sites is 1. The summed E-state index contributed by atoms with van der Waals surface area (Å²) in [5.74, 6) is 1.04. The molecular formula is C14H20ClNO3. The Morgan fingerprint density at radius 3 is 2.53 bits per heavy atom. The van der Waals surface area contributed by atoms with Crippen LogP contribution in [0.25, 0.3) is 0 Å². The van der Waals surface area contributed by atoms with Gasteiger partial charge in [-0.1, -0.05) is 19.9 Å². The van der Waals surface area contributed by atoms with Crippen LogP contribution in [-0.4, -0.2) is 32.0 Å². The molecule has 19 heavy (non-hydrogen) atoms. The van der Waals surface area contributed by atoms with Crippen LogP contribution in [0.3, 0.4) is 0 Å². The zero-order valence-corrected chi connectivity index (χ0v) is 12.5. The molecule has 1 unspecified atom stereocenters. The minimum absolute atomic E-state index is 0.0967. The smallest absolute Gasteiger partial charge is 0.255 e. The summed E-state index contributed by atoms with van der Waals surface area (Å²) >= 11 is 6.11. The quantitative estimate of drug-likeness (QED) is 0.818. The molecule has 0 heterocycles. The summed E-state index contributed by atoms with van der Waals surface area (Å²) in [6, 6.07) is 5.18. The standard InChI is InChI=1S/C14H20ClNO3/c1-9(2)11(15)8-16-14(17)10-6-5-7-12(18-3)13(10)19-4/h5-7,9,11H,8H2,1-4H3,(H,16,17). The van der Waals surface area contributed by atoms with Crippen LogP contribution in [0.2, 0.25) is 0 Å². The lowest BCUT2D eigenvalue weighted by molar-refractivity contribution is 0.0948. The Morgan fingerprint density at radius 2 is 2.00 bits per heavy atom. The molecule has 0 aliphatic rings. The molecule has 0 aliphatic carbocycles. The number of hydrogen-bond acceptors (Lipinski definition) is 3. The minimum Gasteiger partial charge on any atom is -0.493 e. The summed E-state index contributed by atoms with van der Waals surface area (Å²) in [5.41, 5.74) is 0.439.